The molecule has 0 aliphatic heterocycles. The topological polar surface area (TPSA) is 35.2 Å². The molecule has 0 spiro atoms. The van der Waals surface area contributed by atoms with Crippen LogP contribution in [0.4, 0.5) is 0 Å². The molecule has 2 heteroatoms. The van der Waals surface area contributed by atoms with E-state index in [1.807, 2.05) is 24.3 Å². The molecule has 1 aromatic rings. The Morgan fingerprint density at radius 2 is 2.07 bits per heavy atom. The first kappa shape index (κ1) is 12.1. The highest BCUT2D eigenvalue weighted by Crippen LogP contribution is 2.18. The Hall–Kier alpha value is -1.02. The van der Waals surface area contributed by atoms with E-state index in [0.29, 0.717) is 12.5 Å². The van der Waals surface area contributed by atoms with E-state index in [1.165, 1.54) is 12.8 Å². The fourth-order valence-corrected chi connectivity index (χ4v) is 1.62. The second-order valence-electron chi connectivity index (χ2n) is 4.02. The van der Waals surface area contributed by atoms with Crippen molar-refractivity contribution >= 4 is 0 Å². The van der Waals surface area contributed by atoms with E-state index >= 15 is 0 Å². The zero-order valence-corrected chi connectivity index (χ0v) is 9.70. The molecule has 1 aromatic carbocycles. The summed E-state index contributed by atoms with van der Waals surface area (Å²) in [5.74, 6) is 1.55. The van der Waals surface area contributed by atoms with Gasteiger partial charge in [-0.15, -0.1) is 0 Å². The van der Waals surface area contributed by atoms with Gasteiger partial charge in [-0.25, -0.2) is 0 Å². The number of rotatable bonds is 6. The van der Waals surface area contributed by atoms with Crippen LogP contribution in [0.25, 0.3) is 0 Å². The van der Waals surface area contributed by atoms with Gasteiger partial charge in [-0.3, -0.25) is 0 Å². The van der Waals surface area contributed by atoms with Gasteiger partial charge in [0, 0.05) is 12.1 Å². The van der Waals surface area contributed by atoms with Crippen LogP contribution in [-0.4, -0.2) is 6.61 Å². The quantitative estimate of drug-likeness (QED) is 0.778. The predicted molar refractivity (Wildman–Crippen MR) is 63.9 cm³/mol. The van der Waals surface area contributed by atoms with Gasteiger partial charge in [-0.05, 0) is 18.4 Å². The van der Waals surface area contributed by atoms with Gasteiger partial charge in [0.05, 0.1) is 6.61 Å². The van der Waals surface area contributed by atoms with Gasteiger partial charge < -0.3 is 10.5 Å². The normalized spacial score (nSPS) is 12.5. The minimum Gasteiger partial charge on any atom is -0.493 e. The Morgan fingerprint density at radius 1 is 1.33 bits per heavy atom. The van der Waals surface area contributed by atoms with E-state index < -0.39 is 0 Å². The van der Waals surface area contributed by atoms with Gasteiger partial charge in [0.15, 0.2) is 0 Å². The monoisotopic (exact) mass is 207 g/mol. The molecule has 84 valence electrons. The summed E-state index contributed by atoms with van der Waals surface area (Å²) in [6.45, 7) is 5.74. The van der Waals surface area contributed by atoms with Crippen LogP contribution in [0.3, 0.4) is 0 Å². The van der Waals surface area contributed by atoms with Crippen molar-refractivity contribution in [3.05, 3.63) is 29.8 Å². The molecular weight excluding hydrogens is 186 g/mol. The Morgan fingerprint density at radius 3 is 2.73 bits per heavy atom. The lowest BCUT2D eigenvalue weighted by molar-refractivity contribution is 0.249. The summed E-state index contributed by atoms with van der Waals surface area (Å²) in [6.07, 6.45) is 2.42. The number of benzene rings is 1. The zero-order valence-electron chi connectivity index (χ0n) is 9.70. The van der Waals surface area contributed by atoms with Crippen molar-refractivity contribution in [3.8, 4) is 5.75 Å². The van der Waals surface area contributed by atoms with Crippen molar-refractivity contribution in [3.63, 3.8) is 0 Å². The van der Waals surface area contributed by atoms with Gasteiger partial charge in [0.25, 0.3) is 0 Å². The van der Waals surface area contributed by atoms with Crippen LogP contribution in [0.15, 0.2) is 24.3 Å². The molecule has 1 rings (SSSR count). The molecule has 0 saturated carbocycles. The number of ether oxygens (including phenoxy) is 1. The van der Waals surface area contributed by atoms with Crippen LogP contribution in [0.1, 0.15) is 32.3 Å². The van der Waals surface area contributed by atoms with Crippen LogP contribution in [-0.2, 0) is 6.54 Å². The summed E-state index contributed by atoms with van der Waals surface area (Å²) in [4.78, 5) is 0. The van der Waals surface area contributed by atoms with Gasteiger partial charge in [-0.2, -0.15) is 0 Å². The highest BCUT2D eigenvalue weighted by Gasteiger charge is 2.04. The number of hydrogen-bond donors (Lipinski definition) is 1. The summed E-state index contributed by atoms with van der Waals surface area (Å²) < 4.78 is 5.76. The zero-order chi connectivity index (χ0) is 11.1. The van der Waals surface area contributed by atoms with Crippen LogP contribution >= 0.6 is 0 Å². The molecule has 2 nitrogen and oxygen atoms in total. The van der Waals surface area contributed by atoms with Crippen molar-refractivity contribution in [2.75, 3.05) is 6.61 Å². The summed E-state index contributed by atoms with van der Waals surface area (Å²) >= 11 is 0. The predicted octanol–water partition coefficient (Wildman–Crippen LogP) is 2.96. The SMILES string of the molecule is CCCC(C)COc1ccccc1CN. The van der Waals surface area contributed by atoms with Crippen molar-refractivity contribution in [1.29, 1.82) is 0 Å². The maximum absolute atomic E-state index is 5.76. The number of nitrogens with two attached hydrogens (primary N) is 1. The average molecular weight is 207 g/mol. The Kier molecular flexibility index (Phi) is 5.19. The summed E-state index contributed by atoms with van der Waals surface area (Å²) in [7, 11) is 0. The van der Waals surface area contributed by atoms with Gasteiger partial charge in [0.1, 0.15) is 5.75 Å². The average Bonchev–Trinajstić information content (AvgIpc) is 2.27. The summed E-state index contributed by atoms with van der Waals surface area (Å²) in [6, 6.07) is 7.98. The molecule has 1 atom stereocenters. The first-order valence-corrected chi connectivity index (χ1v) is 5.68. The molecule has 1 unspecified atom stereocenters. The van der Waals surface area contributed by atoms with Crippen LogP contribution < -0.4 is 10.5 Å². The lowest BCUT2D eigenvalue weighted by atomic mass is 10.1. The smallest absolute Gasteiger partial charge is 0.123 e. The highest BCUT2D eigenvalue weighted by atomic mass is 16.5. The van der Waals surface area contributed by atoms with Crippen molar-refractivity contribution in [1.82, 2.24) is 0 Å². The third-order valence-corrected chi connectivity index (χ3v) is 2.50. The molecule has 0 bridgehead atoms. The molecule has 0 heterocycles. The Balaban J connectivity index is 2.49. The molecular formula is C13H21NO. The van der Waals surface area contributed by atoms with E-state index in [9.17, 15) is 0 Å². The van der Waals surface area contributed by atoms with Gasteiger partial charge in [-0.1, -0.05) is 38.5 Å². The van der Waals surface area contributed by atoms with Crippen LogP contribution in [0.2, 0.25) is 0 Å². The largest absolute Gasteiger partial charge is 0.493 e. The Labute approximate surface area is 92.4 Å². The molecule has 0 aliphatic carbocycles. The molecule has 0 fully saturated rings. The fraction of sp³-hybridized carbons (Fsp3) is 0.538. The molecule has 0 saturated heterocycles. The number of para-hydroxylation sites is 1. The van der Waals surface area contributed by atoms with Crippen LogP contribution in [0, 0.1) is 5.92 Å². The molecule has 2 N–H and O–H groups in total. The van der Waals surface area contributed by atoms with Gasteiger partial charge >= 0.3 is 0 Å². The first-order chi connectivity index (χ1) is 7.27. The lowest BCUT2D eigenvalue weighted by Gasteiger charge is -2.14. The minimum absolute atomic E-state index is 0.540. The summed E-state index contributed by atoms with van der Waals surface area (Å²) in [5.41, 5.74) is 6.72. The maximum atomic E-state index is 5.76. The van der Waals surface area contributed by atoms with E-state index in [4.69, 9.17) is 10.5 Å². The van der Waals surface area contributed by atoms with Crippen molar-refractivity contribution in [2.45, 2.75) is 33.2 Å². The Bertz CT molecular complexity index is 286. The highest BCUT2D eigenvalue weighted by molar-refractivity contribution is 5.32. The lowest BCUT2D eigenvalue weighted by Crippen LogP contribution is -2.10. The second-order valence-corrected chi connectivity index (χ2v) is 4.02. The van der Waals surface area contributed by atoms with Crippen molar-refractivity contribution in [2.24, 2.45) is 11.7 Å². The molecule has 0 aromatic heterocycles. The van der Waals surface area contributed by atoms with E-state index in [0.717, 1.165) is 17.9 Å². The fourth-order valence-electron chi connectivity index (χ4n) is 1.62. The van der Waals surface area contributed by atoms with E-state index in [-0.39, 0.29) is 0 Å². The molecule has 0 amide bonds. The van der Waals surface area contributed by atoms with Crippen LogP contribution in [0.5, 0.6) is 5.75 Å². The van der Waals surface area contributed by atoms with E-state index in [1.54, 1.807) is 0 Å². The second kappa shape index (κ2) is 6.46. The number of hydrogen-bond acceptors (Lipinski definition) is 2. The third kappa shape index (κ3) is 3.92. The maximum Gasteiger partial charge on any atom is 0.123 e. The van der Waals surface area contributed by atoms with Crippen molar-refractivity contribution < 1.29 is 4.74 Å². The van der Waals surface area contributed by atoms with Gasteiger partial charge in [0.2, 0.25) is 0 Å². The third-order valence-electron chi connectivity index (χ3n) is 2.50. The molecule has 15 heavy (non-hydrogen) atoms. The van der Waals surface area contributed by atoms with E-state index in [2.05, 4.69) is 13.8 Å². The first-order valence-electron chi connectivity index (χ1n) is 5.68. The standard InChI is InChI=1S/C13H21NO/c1-3-6-11(2)10-15-13-8-5-4-7-12(13)9-14/h4-5,7-8,11H,3,6,9-10,14H2,1-2H3. The minimum atomic E-state index is 0.540. The molecule has 0 aliphatic rings. The molecule has 0 radical (unpaired) electrons. The summed E-state index contributed by atoms with van der Waals surface area (Å²) in [5, 5.41) is 0.